The molecule has 2 amide bonds. The largest absolute Gasteiger partial charge is 0.443 e. The minimum Gasteiger partial charge on any atom is -0.443 e. The van der Waals surface area contributed by atoms with Gasteiger partial charge in [0.15, 0.2) is 5.82 Å². The Hall–Kier alpha value is -3.01. The van der Waals surface area contributed by atoms with E-state index >= 15 is 0 Å². The Bertz CT molecular complexity index is 960. The Kier molecular flexibility index (Phi) is 6.04. The van der Waals surface area contributed by atoms with E-state index in [9.17, 15) is 14.4 Å². The van der Waals surface area contributed by atoms with Crippen LogP contribution >= 0.6 is 0 Å². The average molecular weight is 432 g/mol. The number of hydrogen-bond donors (Lipinski definition) is 0. The standard InChI is InChI=1S/C21H28N4O6/c1-20(2,3)30-18(27)25(19(28)31-21(4,5)6)17-14-9-10-24(16(14)22-12-23-17)15-8-7-13(11-26)29-15/h9-13,15H,7-8H2,1-6H3/t13-,15+/m0/s1. The van der Waals surface area contributed by atoms with Gasteiger partial charge in [-0.15, -0.1) is 0 Å². The lowest BCUT2D eigenvalue weighted by Crippen LogP contribution is -2.44. The lowest BCUT2D eigenvalue weighted by molar-refractivity contribution is -0.119. The molecule has 1 saturated heterocycles. The highest BCUT2D eigenvalue weighted by Crippen LogP contribution is 2.33. The molecule has 3 rings (SSSR count). The summed E-state index contributed by atoms with van der Waals surface area (Å²) in [5, 5.41) is 0.442. The highest BCUT2D eigenvalue weighted by atomic mass is 16.6. The first-order valence-corrected chi connectivity index (χ1v) is 10.1. The van der Waals surface area contributed by atoms with Gasteiger partial charge in [0.05, 0.1) is 5.39 Å². The van der Waals surface area contributed by atoms with E-state index in [1.54, 1.807) is 58.4 Å². The molecule has 0 unspecified atom stereocenters. The number of aromatic nitrogens is 3. The second-order valence-electron chi connectivity index (χ2n) is 9.30. The van der Waals surface area contributed by atoms with Gasteiger partial charge in [0.25, 0.3) is 0 Å². The molecule has 168 valence electrons. The fourth-order valence-corrected chi connectivity index (χ4v) is 3.18. The lowest BCUT2D eigenvalue weighted by atomic mass is 10.2. The van der Waals surface area contributed by atoms with Crippen LogP contribution in [0.1, 0.15) is 60.6 Å². The molecule has 2 aromatic heterocycles. The summed E-state index contributed by atoms with van der Waals surface area (Å²) in [6.07, 6.45) is 2.32. The number of amides is 2. The lowest BCUT2D eigenvalue weighted by Gasteiger charge is -2.28. The Balaban J connectivity index is 2.04. The van der Waals surface area contributed by atoms with Gasteiger partial charge in [-0.05, 0) is 60.5 Å². The fraction of sp³-hybridized carbons (Fsp3) is 0.571. The number of rotatable bonds is 3. The normalized spacial score (nSPS) is 19.3. The van der Waals surface area contributed by atoms with Crippen LogP contribution in [0.5, 0.6) is 0 Å². The third kappa shape index (κ3) is 5.19. The molecular formula is C21H28N4O6. The number of hydrogen-bond acceptors (Lipinski definition) is 8. The number of fused-ring (bicyclic) bond motifs is 1. The van der Waals surface area contributed by atoms with Crippen LogP contribution in [0.3, 0.4) is 0 Å². The summed E-state index contributed by atoms with van der Waals surface area (Å²) in [6.45, 7) is 10.2. The predicted molar refractivity (Wildman–Crippen MR) is 112 cm³/mol. The number of anilines is 1. The van der Waals surface area contributed by atoms with E-state index in [2.05, 4.69) is 9.97 Å². The van der Waals surface area contributed by atoms with Crippen molar-refractivity contribution in [2.45, 2.75) is 77.9 Å². The topological polar surface area (TPSA) is 113 Å². The smallest absolute Gasteiger partial charge is 0.425 e. The third-order valence-corrected chi connectivity index (χ3v) is 4.34. The van der Waals surface area contributed by atoms with Gasteiger partial charge in [0, 0.05) is 6.20 Å². The second kappa shape index (κ2) is 8.26. The molecule has 0 spiro atoms. The van der Waals surface area contributed by atoms with Crippen LogP contribution < -0.4 is 4.90 Å². The Morgan fingerprint density at radius 2 is 1.71 bits per heavy atom. The maximum absolute atomic E-state index is 12.9. The number of imide groups is 1. The molecule has 0 N–H and O–H groups in total. The van der Waals surface area contributed by atoms with Gasteiger partial charge in [-0.1, -0.05) is 0 Å². The maximum Gasteiger partial charge on any atom is 0.425 e. The Morgan fingerprint density at radius 3 is 2.23 bits per heavy atom. The molecule has 0 saturated carbocycles. The van der Waals surface area contributed by atoms with Crippen LogP contribution in [0.2, 0.25) is 0 Å². The van der Waals surface area contributed by atoms with Crippen molar-refractivity contribution in [3.05, 3.63) is 18.6 Å². The first-order valence-electron chi connectivity index (χ1n) is 10.1. The van der Waals surface area contributed by atoms with Gasteiger partial charge in [-0.2, -0.15) is 4.90 Å². The highest BCUT2D eigenvalue weighted by molar-refractivity contribution is 6.13. The summed E-state index contributed by atoms with van der Waals surface area (Å²) in [6, 6.07) is 1.68. The van der Waals surface area contributed by atoms with Crippen LogP contribution in [0.4, 0.5) is 15.4 Å². The van der Waals surface area contributed by atoms with Crippen LogP contribution in [0, 0.1) is 0 Å². The minimum absolute atomic E-state index is 0.0391. The Labute approximate surface area is 180 Å². The molecule has 0 radical (unpaired) electrons. The zero-order valence-electron chi connectivity index (χ0n) is 18.6. The van der Waals surface area contributed by atoms with Crippen molar-refractivity contribution in [3.63, 3.8) is 0 Å². The van der Waals surface area contributed by atoms with Crippen molar-refractivity contribution in [1.82, 2.24) is 14.5 Å². The van der Waals surface area contributed by atoms with Crippen LogP contribution in [0.15, 0.2) is 18.6 Å². The number of carbonyl (C=O) groups is 3. The molecule has 31 heavy (non-hydrogen) atoms. The van der Waals surface area contributed by atoms with E-state index in [0.29, 0.717) is 23.9 Å². The van der Waals surface area contributed by atoms with Gasteiger partial charge in [0.2, 0.25) is 0 Å². The zero-order chi connectivity index (χ0) is 23.0. The van der Waals surface area contributed by atoms with Crippen LogP contribution in [-0.4, -0.2) is 50.3 Å². The monoisotopic (exact) mass is 432 g/mol. The molecule has 0 aliphatic carbocycles. The van der Waals surface area contributed by atoms with Crippen molar-refractivity contribution < 1.29 is 28.6 Å². The quantitative estimate of drug-likeness (QED) is 0.669. The third-order valence-electron chi connectivity index (χ3n) is 4.34. The van der Waals surface area contributed by atoms with Gasteiger partial charge in [-0.3, -0.25) is 0 Å². The molecule has 0 bridgehead atoms. The first-order chi connectivity index (χ1) is 14.4. The van der Waals surface area contributed by atoms with E-state index in [0.717, 1.165) is 11.2 Å². The summed E-state index contributed by atoms with van der Waals surface area (Å²) in [5.41, 5.74) is -1.22. The van der Waals surface area contributed by atoms with Crippen LogP contribution in [-0.2, 0) is 19.0 Å². The van der Waals surface area contributed by atoms with E-state index in [1.807, 2.05) is 0 Å². The zero-order valence-corrected chi connectivity index (χ0v) is 18.6. The molecule has 2 atom stereocenters. The molecule has 10 heteroatoms. The van der Waals surface area contributed by atoms with Crippen molar-refractivity contribution in [2.24, 2.45) is 0 Å². The number of nitrogens with zero attached hydrogens (tertiary/aromatic N) is 4. The molecule has 1 aliphatic heterocycles. The number of aldehydes is 1. The summed E-state index contributed by atoms with van der Waals surface area (Å²) in [4.78, 5) is 46.2. The van der Waals surface area contributed by atoms with Crippen molar-refractivity contribution in [3.8, 4) is 0 Å². The minimum atomic E-state index is -0.910. The van der Waals surface area contributed by atoms with Gasteiger partial charge >= 0.3 is 12.2 Å². The van der Waals surface area contributed by atoms with Gasteiger partial charge < -0.3 is 23.6 Å². The summed E-state index contributed by atoms with van der Waals surface area (Å²) < 4.78 is 18.3. The second-order valence-corrected chi connectivity index (χ2v) is 9.30. The van der Waals surface area contributed by atoms with E-state index < -0.39 is 29.5 Å². The number of carbonyl (C=O) groups excluding carboxylic acids is 3. The van der Waals surface area contributed by atoms with E-state index in [-0.39, 0.29) is 12.0 Å². The highest BCUT2D eigenvalue weighted by Gasteiger charge is 2.36. The van der Waals surface area contributed by atoms with E-state index in [1.165, 1.54) is 6.33 Å². The molecule has 1 fully saturated rings. The summed E-state index contributed by atoms with van der Waals surface area (Å²) in [7, 11) is 0. The molecule has 1 aliphatic rings. The van der Waals surface area contributed by atoms with Crippen molar-refractivity contribution in [2.75, 3.05) is 4.90 Å². The molecule has 10 nitrogen and oxygen atoms in total. The summed E-state index contributed by atoms with van der Waals surface area (Å²) in [5.74, 6) is 0.0391. The Morgan fingerprint density at radius 1 is 1.10 bits per heavy atom. The maximum atomic E-state index is 12.9. The molecule has 2 aromatic rings. The summed E-state index contributed by atoms with van der Waals surface area (Å²) >= 11 is 0. The first kappa shape index (κ1) is 22.7. The SMILES string of the molecule is CC(C)(C)OC(=O)N(C(=O)OC(C)(C)C)c1ncnc2c1ccn2[C@H]1CC[C@@H](C=O)O1. The van der Waals surface area contributed by atoms with Crippen molar-refractivity contribution in [1.29, 1.82) is 0 Å². The number of ether oxygens (including phenoxy) is 3. The molecule has 0 aromatic carbocycles. The van der Waals surface area contributed by atoms with Crippen LogP contribution in [0.25, 0.3) is 11.0 Å². The van der Waals surface area contributed by atoms with Gasteiger partial charge in [0.1, 0.15) is 41.8 Å². The molecular weight excluding hydrogens is 404 g/mol. The van der Waals surface area contributed by atoms with E-state index in [4.69, 9.17) is 14.2 Å². The average Bonchev–Trinajstić information content (AvgIpc) is 3.25. The molecule has 3 heterocycles. The fourth-order valence-electron chi connectivity index (χ4n) is 3.18. The van der Waals surface area contributed by atoms with Crippen molar-refractivity contribution >= 4 is 35.3 Å². The van der Waals surface area contributed by atoms with Gasteiger partial charge in [-0.25, -0.2) is 19.6 Å². The predicted octanol–water partition coefficient (Wildman–Crippen LogP) is 3.98.